The summed E-state index contributed by atoms with van der Waals surface area (Å²) in [5.74, 6) is -0.0353. The quantitative estimate of drug-likeness (QED) is 0.613. The molecule has 0 aliphatic carbocycles. The highest BCUT2D eigenvalue weighted by atomic mass is 16.7. The Balaban J connectivity index is 1.57. The summed E-state index contributed by atoms with van der Waals surface area (Å²) in [6.45, 7) is 1.55. The van der Waals surface area contributed by atoms with E-state index in [0.29, 0.717) is 13.2 Å². The summed E-state index contributed by atoms with van der Waals surface area (Å²) in [6, 6.07) is 23.9. The predicted molar refractivity (Wildman–Crippen MR) is 112 cm³/mol. The fourth-order valence-electron chi connectivity index (χ4n) is 3.72. The molecule has 1 unspecified atom stereocenters. The second-order valence-electron chi connectivity index (χ2n) is 7.24. The molecule has 0 spiro atoms. The Morgan fingerprint density at radius 3 is 2.28 bits per heavy atom. The van der Waals surface area contributed by atoms with Crippen LogP contribution in [0, 0.1) is 0 Å². The molecular formula is C24H26N2O3. The molecule has 1 saturated heterocycles. The topological polar surface area (TPSA) is 53.4 Å². The van der Waals surface area contributed by atoms with Gasteiger partial charge in [-0.1, -0.05) is 60.7 Å². The van der Waals surface area contributed by atoms with Crippen molar-refractivity contribution < 1.29 is 9.47 Å². The lowest BCUT2D eigenvalue weighted by atomic mass is 9.88. The molecule has 0 N–H and O–H groups in total. The number of ether oxygens (including phenoxy) is 2. The maximum Gasteiger partial charge on any atom is 0.266 e. The Morgan fingerprint density at radius 1 is 0.966 bits per heavy atom. The Labute approximate surface area is 170 Å². The fraction of sp³-hybridized carbons (Fsp3) is 0.333. The molecule has 5 nitrogen and oxygen atoms in total. The van der Waals surface area contributed by atoms with E-state index in [1.807, 2.05) is 42.5 Å². The lowest BCUT2D eigenvalue weighted by Crippen LogP contribution is -2.29. The van der Waals surface area contributed by atoms with E-state index in [2.05, 4.69) is 24.3 Å². The van der Waals surface area contributed by atoms with E-state index in [4.69, 9.17) is 14.6 Å². The van der Waals surface area contributed by atoms with Crippen molar-refractivity contribution in [3.63, 3.8) is 0 Å². The summed E-state index contributed by atoms with van der Waals surface area (Å²) in [7, 11) is 0. The molecule has 0 amide bonds. The number of rotatable bonds is 7. The van der Waals surface area contributed by atoms with Crippen molar-refractivity contribution >= 4 is 0 Å². The molecule has 0 radical (unpaired) electrons. The van der Waals surface area contributed by atoms with Crippen LogP contribution in [-0.2, 0) is 16.0 Å². The van der Waals surface area contributed by atoms with Crippen LogP contribution in [0.1, 0.15) is 42.0 Å². The minimum atomic E-state index is -0.163. The molecule has 0 saturated carbocycles. The molecule has 1 atom stereocenters. The minimum absolute atomic E-state index is 0.0353. The fourth-order valence-corrected chi connectivity index (χ4v) is 3.72. The van der Waals surface area contributed by atoms with Gasteiger partial charge in [-0.05, 0) is 36.5 Å². The maximum atomic E-state index is 12.4. The van der Waals surface area contributed by atoms with E-state index in [1.54, 1.807) is 6.07 Å². The van der Waals surface area contributed by atoms with Crippen LogP contribution in [-0.4, -0.2) is 29.3 Å². The Kier molecular flexibility index (Phi) is 6.49. The van der Waals surface area contributed by atoms with Gasteiger partial charge in [0.25, 0.3) is 5.56 Å². The van der Waals surface area contributed by atoms with Crippen molar-refractivity contribution in [1.82, 2.24) is 9.78 Å². The number of aromatic nitrogens is 2. The van der Waals surface area contributed by atoms with E-state index < -0.39 is 0 Å². The molecular weight excluding hydrogens is 364 g/mol. The van der Waals surface area contributed by atoms with Crippen molar-refractivity contribution in [2.24, 2.45) is 0 Å². The lowest BCUT2D eigenvalue weighted by molar-refractivity contribution is -0.163. The highest BCUT2D eigenvalue weighted by molar-refractivity contribution is 5.39. The van der Waals surface area contributed by atoms with Gasteiger partial charge in [0.1, 0.15) is 0 Å². The van der Waals surface area contributed by atoms with Crippen LogP contribution in [0.4, 0.5) is 0 Å². The highest BCUT2D eigenvalue weighted by Gasteiger charge is 2.19. The van der Waals surface area contributed by atoms with Crippen LogP contribution in [0.15, 0.2) is 77.6 Å². The standard InChI is InChI=1S/C24H26N2O3/c27-22-15-14-21(25-26(22)16-18-29-23-13-7-8-17-28-23)24(19-9-3-1-4-10-19)20-11-5-2-6-12-20/h1-6,9-12,14-15,23-24H,7-8,13,16-18H2. The van der Waals surface area contributed by atoms with Gasteiger partial charge >= 0.3 is 0 Å². The molecule has 0 bridgehead atoms. The average Bonchev–Trinajstić information content (AvgIpc) is 2.78. The van der Waals surface area contributed by atoms with Gasteiger partial charge in [-0.15, -0.1) is 0 Å². The van der Waals surface area contributed by atoms with Crippen molar-refractivity contribution in [1.29, 1.82) is 0 Å². The largest absolute Gasteiger partial charge is 0.353 e. The van der Waals surface area contributed by atoms with E-state index in [1.165, 1.54) is 4.68 Å². The van der Waals surface area contributed by atoms with Gasteiger partial charge < -0.3 is 9.47 Å². The van der Waals surface area contributed by atoms with Crippen LogP contribution in [0.3, 0.4) is 0 Å². The van der Waals surface area contributed by atoms with Crippen molar-refractivity contribution in [3.8, 4) is 0 Å². The van der Waals surface area contributed by atoms with E-state index >= 15 is 0 Å². The third-order valence-electron chi connectivity index (χ3n) is 5.19. The van der Waals surface area contributed by atoms with E-state index in [0.717, 1.165) is 42.7 Å². The molecule has 150 valence electrons. The first-order valence-electron chi connectivity index (χ1n) is 10.2. The Morgan fingerprint density at radius 2 is 1.66 bits per heavy atom. The summed E-state index contributed by atoms with van der Waals surface area (Å²) in [5.41, 5.74) is 3.00. The van der Waals surface area contributed by atoms with Crippen molar-refractivity contribution in [2.45, 2.75) is 38.0 Å². The molecule has 1 aliphatic heterocycles. The molecule has 5 heteroatoms. The first-order chi connectivity index (χ1) is 14.3. The third-order valence-corrected chi connectivity index (χ3v) is 5.19. The van der Waals surface area contributed by atoms with Crippen LogP contribution in [0.25, 0.3) is 0 Å². The molecule has 4 rings (SSSR count). The third kappa shape index (κ3) is 5.00. The number of hydrogen-bond acceptors (Lipinski definition) is 4. The minimum Gasteiger partial charge on any atom is -0.353 e. The highest BCUT2D eigenvalue weighted by Crippen LogP contribution is 2.29. The molecule has 1 aliphatic rings. The van der Waals surface area contributed by atoms with Crippen LogP contribution < -0.4 is 5.56 Å². The van der Waals surface area contributed by atoms with Gasteiger partial charge in [0, 0.05) is 12.7 Å². The zero-order valence-electron chi connectivity index (χ0n) is 16.4. The molecule has 2 aromatic carbocycles. The van der Waals surface area contributed by atoms with Crippen molar-refractivity contribution in [3.05, 3.63) is 100.0 Å². The smallest absolute Gasteiger partial charge is 0.266 e. The zero-order valence-corrected chi connectivity index (χ0v) is 16.4. The lowest BCUT2D eigenvalue weighted by Gasteiger charge is -2.23. The van der Waals surface area contributed by atoms with Gasteiger partial charge in [0.05, 0.1) is 24.8 Å². The van der Waals surface area contributed by atoms with Crippen LogP contribution >= 0.6 is 0 Å². The zero-order chi connectivity index (χ0) is 19.9. The number of nitrogens with zero attached hydrogens (tertiary/aromatic N) is 2. The van der Waals surface area contributed by atoms with Gasteiger partial charge in [0.2, 0.25) is 0 Å². The van der Waals surface area contributed by atoms with Gasteiger partial charge in [-0.3, -0.25) is 4.79 Å². The number of benzene rings is 2. The first-order valence-corrected chi connectivity index (χ1v) is 10.2. The molecule has 3 aromatic rings. The molecule has 1 aromatic heterocycles. The first kappa shape index (κ1) is 19.6. The number of hydrogen-bond donors (Lipinski definition) is 0. The van der Waals surface area contributed by atoms with Crippen LogP contribution in [0.2, 0.25) is 0 Å². The average molecular weight is 390 g/mol. The predicted octanol–water partition coefficient (Wildman–Crippen LogP) is 3.97. The van der Waals surface area contributed by atoms with Crippen molar-refractivity contribution in [2.75, 3.05) is 13.2 Å². The van der Waals surface area contributed by atoms with E-state index in [9.17, 15) is 4.79 Å². The van der Waals surface area contributed by atoms with Crippen LogP contribution in [0.5, 0.6) is 0 Å². The van der Waals surface area contributed by atoms with Gasteiger partial charge in [0.15, 0.2) is 6.29 Å². The Bertz CT molecular complexity index is 911. The summed E-state index contributed by atoms with van der Waals surface area (Å²) in [4.78, 5) is 12.4. The summed E-state index contributed by atoms with van der Waals surface area (Å²) in [6.07, 6.45) is 2.95. The van der Waals surface area contributed by atoms with Gasteiger partial charge in [-0.2, -0.15) is 5.10 Å². The maximum absolute atomic E-state index is 12.4. The monoisotopic (exact) mass is 390 g/mol. The molecule has 1 fully saturated rings. The summed E-state index contributed by atoms with van der Waals surface area (Å²) < 4.78 is 12.9. The Hall–Kier alpha value is -2.76. The normalized spacial score (nSPS) is 16.8. The molecule has 2 heterocycles. The SMILES string of the molecule is O=c1ccc(C(c2ccccc2)c2ccccc2)nn1CCOC1CCCCO1. The summed E-state index contributed by atoms with van der Waals surface area (Å²) in [5, 5.41) is 4.69. The summed E-state index contributed by atoms with van der Waals surface area (Å²) >= 11 is 0. The second kappa shape index (κ2) is 9.63. The van der Waals surface area contributed by atoms with Gasteiger partial charge in [-0.25, -0.2) is 4.68 Å². The second-order valence-corrected chi connectivity index (χ2v) is 7.24. The van der Waals surface area contributed by atoms with E-state index in [-0.39, 0.29) is 17.8 Å². The molecule has 29 heavy (non-hydrogen) atoms.